The molecule has 0 aromatic rings. The second-order valence-corrected chi connectivity index (χ2v) is 17.4. The summed E-state index contributed by atoms with van der Waals surface area (Å²) in [7, 11) is -5.06. The van der Waals surface area contributed by atoms with E-state index in [0.717, 1.165) is 70.6 Å². The molecule has 0 spiro atoms. The van der Waals surface area contributed by atoms with E-state index in [1.807, 2.05) is 0 Å². The molecule has 1 aliphatic heterocycles. The van der Waals surface area contributed by atoms with Gasteiger partial charge in [0.2, 0.25) is 0 Å². The van der Waals surface area contributed by atoms with Crippen molar-refractivity contribution in [3.8, 4) is 0 Å². The monoisotopic (exact) mass is 887 g/mol. The van der Waals surface area contributed by atoms with Gasteiger partial charge in [0.05, 0.1) is 19.8 Å². The molecule has 0 saturated carbocycles. The molecule has 0 aromatic carbocycles. The predicted octanol–water partition coefficient (Wildman–Crippen LogP) is 10.4. The van der Waals surface area contributed by atoms with Gasteiger partial charge in [0.25, 0.3) is 0 Å². The fourth-order valence-corrected chi connectivity index (χ4v) is 7.64. The smallest absolute Gasteiger partial charge is 0.397 e. The third-order valence-corrected chi connectivity index (χ3v) is 11.2. The number of allylic oxidation sites excluding steroid dienone is 8. The lowest BCUT2D eigenvalue weighted by atomic mass is 9.99. The highest BCUT2D eigenvalue weighted by molar-refractivity contribution is 7.80. The van der Waals surface area contributed by atoms with E-state index in [0.29, 0.717) is 13.0 Å². The van der Waals surface area contributed by atoms with Crippen LogP contribution in [-0.2, 0) is 38.3 Å². The molecule has 0 bridgehead atoms. The molecule has 61 heavy (non-hydrogen) atoms. The Labute approximate surface area is 370 Å². The third-order valence-electron chi connectivity index (χ3n) is 10.7. The number of rotatable bonds is 41. The fraction of sp³-hybridized carbons (Fsp3) is 0.812. The number of ether oxygens (including phenoxy) is 4. The molecule has 1 heterocycles. The van der Waals surface area contributed by atoms with Gasteiger partial charge in [-0.3, -0.25) is 9.35 Å². The molecule has 13 heteroatoms. The van der Waals surface area contributed by atoms with E-state index in [4.69, 9.17) is 23.5 Å². The molecular formula is C48H86O12S. The second-order valence-electron chi connectivity index (χ2n) is 16.3. The molecule has 0 amide bonds. The van der Waals surface area contributed by atoms with Crippen molar-refractivity contribution < 1.29 is 56.2 Å². The van der Waals surface area contributed by atoms with E-state index in [9.17, 15) is 28.5 Å². The van der Waals surface area contributed by atoms with Gasteiger partial charge >= 0.3 is 16.4 Å². The zero-order valence-electron chi connectivity index (χ0n) is 38.0. The zero-order chi connectivity index (χ0) is 44.7. The lowest BCUT2D eigenvalue weighted by molar-refractivity contribution is -0.301. The fourth-order valence-electron chi connectivity index (χ4n) is 7.13. The maximum Gasteiger partial charge on any atom is 0.397 e. The summed E-state index contributed by atoms with van der Waals surface area (Å²) in [5.74, 6) is -0.403. The molecule has 4 N–H and O–H groups in total. The van der Waals surface area contributed by atoms with E-state index in [1.165, 1.54) is 89.9 Å². The third kappa shape index (κ3) is 33.3. The summed E-state index contributed by atoms with van der Waals surface area (Å²) in [5.41, 5.74) is 0. The zero-order valence-corrected chi connectivity index (χ0v) is 38.8. The average molecular weight is 887 g/mol. The van der Waals surface area contributed by atoms with Crippen LogP contribution in [0.25, 0.3) is 0 Å². The van der Waals surface area contributed by atoms with Crippen molar-refractivity contribution in [2.45, 2.75) is 224 Å². The number of unbranched alkanes of at least 4 members (excludes halogenated alkanes) is 20. The van der Waals surface area contributed by atoms with Crippen molar-refractivity contribution in [2.75, 3.05) is 26.4 Å². The summed E-state index contributed by atoms with van der Waals surface area (Å²) >= 11 is 0. The number of hydrogen-bond acceptors (Lipinski definition) is 11. The summed E-state index contributed by atoms with van der Waals surface area (Å²) in [5, 5.41) is 30.6. The Bertz CT molecular complexity index is 1250. The quantitative estimate of drug-likeness (QED) is 0.0198. The van der Waals surface area contributed by atoms with Crippen LogP contribution in [0.1, 0.15) is 187 Å². The van der Waals surface area contributed by atoms with Gasteiger partial charge in [0, 0.05) is 13.0 Å². The molecule has 0 radical (unpaired) electrons. The van der Waals surface area contributed by atoms with Gasteiger partial charge in [-0.25, -0.2) is 4.18 Å². The first-order chi connectivity index (χ1) is 29.6. The molecule has 0 aromatic heterocycles. The van der Waals surface area contributed by atoms with E-state index in [2.05, 4.69) is 66.6 Å². The summed E-state index contributed by atoms with van der Waals surface area (Å²) in [6.45, 7) is 3.86. The minimum atomic E-state index is -5.06. The van der Waals surface area contributed by atoms with Gasteiger partial charge in [-0.05, 0) is 51.4 Å². The van der Waals surface area contributed by atoms with Crippen molar-refractivity contribution in [1.29, 1.82) is 0 Å². The van der Waals surface area contributed by atoms with Gasteiger partial charge in [0.1, 0.15) is 30.5 Å². The first kappa shape index (κ1) is 57.1. The number of aliphatic hydroxyl groups is 3. The van der Waals surface area contributed by atoms with E-state index in [-0.39, 0.29) is 19.6 Å². The van der Waals surface area contributed by atoms with Crippen LogP contribution in [0.2, 0.25) is 0 Å². The SMILES string of the molecule is CC/C=C\C/C=C\C/C=C\C/C=C\CCCCCCCCCCCCCOCC(COC1OC(CO)C(O)C(OS(=O)(=O)O)C1O)OC(=O)CCCCCCCCCCCC. The van der Waals surface area contributed by atoms with Gasteiger partial charge in [0.15, 0.2) is 6.29 Å². The Kier molecular flexibility index (Phi) is 37.1. The maximum atomic E-state index is 12.8. The van der Waals surface area contributed by atoms with E-state index in [1.54, 1.807) is 0 Å². The summed E-state index contributed by atoms with van der Waals surface area (Å²) < 4.78 is 59.0. The first-order valence-corrected chi connectivity index (χ1v) is 25.3. The van der Waals surface area contributed by atoms with E-state index >= 15 is 0 Å². The van der Waals surface area contributed by atoms with Crippen LogP contribution < -0.4 is 0 Å². The van der Waals surface area contributed by atoms with Crippen LogP contribution in [0, 0.1) is 0 Å². The van der Waals surface area contributed by atoms with Gasteiger partial charge in [-0.1, -0.05) is 178 Å². The molecule has 0 aliphatic carbocycles. The molecule has 1 fully saturated rings. The van der Waals surface area contributed by atoms with Crippen LogP contribution in [0.5, 0.6) is 0 Å². The Balaban J connectivity index is 2.31. The van der Waals surface area contributed by atoms with Gasteiger partial charge < -0.3 is 34.3 Å². The number of aliphatic hydroxyl groups excluding tert-OH is 3. The van der Waals surface area contributed by atoms with Gasteiger partial charge in [-0.2, -0.15) is 8.42 Å². The predicted molar refractivity (Wildman–Crippen MR) is 243 cm³/mol. The molecule has 1 saturated heterocycles. The number of esters is 1. The Morgan fingerprint density at radius 2 is 1.13 bits per heavy atom. The summed E-state index contributed by atoms with van der Waals surface area (Å²) in [6, 6.07) is 0. The second kappa shape index (κ2) is 39.6. The number of carbonyl (C=O) groups excluding carboxylic acids is 1. The molecular weight excluding hydrogens is 801 g/mol. The largest absolute Gasteiger partial charge is 0.457 e. The normalized spacial score (nSPS) is 20.5. The highest BCUT2D eigenvalue weighted by Crippen LogP contribution is 2.26. The summed E-state index contributed by atoms with van der Waals surface area (Å²) in [6.07, 6.45) is 38.7. The van der Waals surface area contributed by atoms with Crippen molar-refractivity contribution >= 4 is 16.4 Å². The lowest BCUT2D eigenvalue weighted by Gasteiger charge is -2.41. The molecule has 1 aliphatic rings. The van der Waals surface area contributed by atoms with Crippen LogP contribution in [0.3, 0.4) is 0 Å². The molecule has 1 rings (SSSR count). The summed E-state index contributed by atoms with van der Waals surface area (Å²) in [4.78, 5) is 12.8. The van der Waals surface area contributed by atoms with Gasteiger partial charge in [-0.15, -0.1) is 0 Å². The molecule has 12 nitrogen and oxygen atoms in total. The van der Waals surface area contributed by atoms with Crippen molar-refractivity contribution in [2.24, 2.45) is 0 Å². The number of carbonyl (C=O) groups is 1. The Morgan fingerprint density at radius 1 is 0.639 bits per heavy atom. The lowest BCUT2D eigenvalue weighted by Crippen LogP contribution is -2.60. The minimum Gasteiger partial charge on any atom is -0.457 e. The Hall–Kier alpha value is -1.94. The van der Waals surface area contributed by atoms with Crippen LogP contribution in [0.4, 0.5) is 0 Å². The van der Waals surface area contributed by atoms with Crippen molar-refractivity contribution in [1.82, 2.24) is 0 Å². The van der Waals surface area contributed by atoms with Crippen molar-refractivity contribution in [3.63, 3.8) is 0 Å². The average Bonchev–Trinajstić information content (AvgIpc) is 3.23. The minimum absolute atomic E-state index is 0.0348. The molecule has 356 valence electrons. The van der Waals surface area contributed by atoms with Crippen LogP contribution >= 0.6 is 0 Å². The highest BCUT2D eigenvalue weighted by atomic mass is 32.3. The topological polar surface area (TPSA) is 178 Å². The highest BCUT2D eigenvalue weighted by Gasteiger charge is 2.48. The molecule has 6 unspecified atom stereocenters. The van der Waals surface area contributed by atoms with E-state index < -0.39 is 59.8 Å². The first-order valence-electron chi connectivity index (χ1n) is 23.9. The van der Waals surface area contributed by atoms with Crippen LogP contribution in [-0.4, -0.2) is 97.5 Å². The molecule has 6 atom stereocenters. The number of hydrogen-bond donors (Lipinski definition) is 4. The van der Waals surface area contributed by atoms with Crippen LogP contribution in [0.15, 0.2) is 48.6 Å². The Morgan fingerprint density at radius 3 is 1.66 bits per heavy atom. The standard InChI is InChI=1S/C48H86O12S/c1-3-5-7-9-11-13-15-16-17-18-19-20-21-22-23-24-25-26-27-28-30-32-34-36-38-56-40-42(58-44(50)37-35-33-31-29-14-12-10-8-6-4-2)41-57-48-46(52)47(60-61(53,54)55)45(51)43(39-49)59-48/h5,7,11,13,16-17,19-20,42-43,45-49,51-52H,3-4,6,8-10,12,14-15,18,21-41H2,1-2H3,(H,53,54,55)/b7-5-,13-11-,17-16-,20-19-. The van der Waals surface area contributed by atoms with Crippen molar-refractivity contribution in [3.05, 3.63) is 48.6 Å². The maximum absolute atomic E-state index is 12.8.